The summed E-state index contributed by atoms with van der Waals surface area (Å²) in [4.78, 5) is 0. The minimum Gasteiger partial charge on any atom is -0.388 e. The van der Waals surface area contributed by atoms with E-state index in [0.717, 1.165) is 11.8 Å². The van der Waals surface area contributed by atoms with Crippen molar-refractivity contribution in [2.45, 2.75) is 123 Å². The molecule has 0 aromatic heterocycles. The van der Waals surface area contributed by atoms with Gasteiger partial charge in [-0.1, -0.05) is 13.8 Å². The molecule has 0 bridgehead atoms. The molecule has 0 aliphatic carbocycles. The van der Waals surface area contributed by atoms with E-state index in [-0.39, 0.29) is 24.6 Å². The molecule has 3 N–H and O–H groups in total. The maximum atomic E-state index is 8.90. The minimum atomic E-state index is -1.23. The fraction of sp³-hybridized carbons (Fsp3) is 1.00. The molecule has 4 saturated heterocycles. The second-order valence-electron chi connectivity index (χ2n) is 9.49. The molecule has 9 heteroatoms. The lowest BCUT2D eigenvalue weighted by Gasteiger charge is -2.22. The lowest BCUT2D eigenvalue weighted by molar-refractivity contribution is -0.224. The zero-order valence-corrected chi connectivity index (χ0v) is 20.2. The summed E-state index contributed by atoms with van der Waals surface area (Å²) in [6, 6.07) is 0. The largest absolute Gasteiger partial charge is 0.388 e. The summed E-state index contributed by atoms with van der Waals surface area (Å²) in [6.45, 7) is 16.2. The van der Waals surface area contributed by atoms with Gasteiger partial charge in [0.15, 0.2) is 18.4 Å². The van der Waals surface area contributed by atoms with Gasteiger partial charge in [-0.05, 0) is 53.4 Å². The van der Waals surface area contributed by atoms with Crippen molar-refractivity contribution >= 4 is 0 Å². The maximum Gasteiger partial charge on any atom is 0.186 e. The Kier molecular flexibility index (Phi) is 9.29. The van der Waals surface area contributed by atoms with Crippen LogP contribution >= 0.6 is 0 Å². The molecule has 31 heavy (non-hydrogen) atoms. The number of hydrogen-bond acceptors (Lipinski definition) is 9. The van der Waals surface area contributed by atoms with Gasteiger partial charge in [-0.2, -0.15) is 0 Å². The molecule has 0 aromatic carbocycles. The molecule has 4 aliphatic rings. The Hall–Kier alpha value is -0.360. The Morgan fingerprint density at radius 3 is 1.48 bits per heavy atom. The number of aliphatic hydroxyl groups excluding tert-OH is 3. The average Bonchev–Trinajstić information content (AvgIpc) is 3.32. The van der Waals surface area contributed by atoms with E-state index in [2.05, 4.69) is 32.4 Å². The van der Waals surface area contributed by atoms with Crippen molar-refractivity contribution in [2.75, 3.05) is 7.11 Å². The van der Waals surface area contributed by atoms with Gasteiger partial charge < -0.3 is 43.7 Å². The smallest absolute Gasteiger partial charge is 0.186 e. The minimum absolute atomic E-state index is 0.0000463. The molecular formula is C22H42O9. The van der Waals surface area contributed by atoms with Crippen LogP contribution in [-0.2, 0) is 28.4 Å². The molecule has 6 unspecified atom stereocenters. The first-order valence-electron chi connectivity index (χ1n) is 11.2. The van der Waals surface area contributed by atoms with E-state index < -0.39 is 30.4 Å². The van der Waals surface area contributed by atoms with E-state index in [1.54, 1.807) is 14.0 Å². The summed E-state index contributed by atoms with van der Waals surface area (Å²) >= 11 is 0. The first-order chi connectivity index (χ1) is 14.3. The molecule has 9 nitrogen and oxygen atoms in total. The molecule has 0 radical (unpaired) electrons. The van der Waals surface area contributed by atoms with E-state index >= 15 is 0 Å². The van der Waals surface area contributed by atoms with Crippen LogP contribution in [-0.4, -0.2) is 89.6 Å². The van der Waals surface area contributed by atoms with Crippen LogP contribution in [0.25, 0.3) is 0 Å². The normalized spacial score (nSPS) is 50.3. The molecule has 4 heterocycles. The van der Waals surface area contributed by atoms with Crippen molar-refractivity contribution in [1.82, 2.24) is 0 Å². The van der Waals surface area contributed by atoms with Gasteiger partial charge >= 0.3 is 0 Å². The highest BCUT2D eigenvalue weighted by atomic mass is 16.8. The summed E-state index contributed by atoms with van der Waals surface area (Å²) in [5.74, 6) is 0.962. The molecular weight excluding hydrogens is 408 g/mol. The standard InChI is InChI=1S/C9H16O4.C8H16O.C5H10O4/c1-5-6-7(8(10-4)11-5)13-9(2,3)12-6;1-5-6(2)8(4)9-7(5)3;1-2-3(6)4(7)5(8)9-2/h5-8H,1-4H3;5-8H,1-4H3;2-8H,1H3/t5-,6?,7+,8?;5-,6?,7?,8+;2-,3?,4+,5?/m101/s1. The Labute approximate surface area is 185 Å². The number of methoxy groups -OCH3 is 1. The van der Waals surface area contributed by atoms with Crippen LogP contribution < -0.4 is 0 Å². The third-order valence-electron chi connectivity index (χ3n) is 6.69. The number of aliphatic hydroxyl groups is 3. The third-order valence-corrected chi connectivity index (χ3v) is 6.69. The third kappa shape index (κ3) is 6.37. The number of fused-ring (bicyclic) bond motifs is 1. The molecule has 0 saturated carbocycles. The van der Waals surface area contributed by atoms with Gasteiger partial charge in [0.2, 0.25) is 0 Å². The van der Waals surface area contributed by atoms with E-state index in [1.165, 1.54) is 0 Å². The van der Waals surface area contributed by atoms with E-state index in [9.17, 15) is 0 Å². The monoisotopic (exact) mass is 450 g/mol. The van der Waals surface area contributed by atoms with Crippen molar-refractivity contribution in [3.63, 3.8) is 0 Å². The molecule has 0 amide bonds. The maximum absolute atomic E-state index is 8.90. The first-order valence-corrected chi connectivity index (χ1v) is 11.2. The highest BCUT2D eigenvalue weighted by Gasteiger charge is 2.54. The Balaban J connectivity index is 0.000000170. The van der Waals surface area contributed by atoms with Crippen LogP contribution in [0.4, 0.5) is 0 Å². The fourth-order valence-corrected chi connectivity index (χ4v) is 4.22. The van der Waals surface area contributed by atoms with Gasteiger partial charge in [-0.25, -0.2) is 0 Å². The zero-order chi connectivity index (χ0) is 23.7. The van der Waals surface area contributed by atoms with Crippen LogP contribution in [0.3, 0.4) is 0 Å². The Bertz CT molecular complexity index is 509. The Morgan fingerprint density at radius 2 is 1.16 bits per heavy atom. The molecule has 0 spiro atoms. The quantitative estimate of drug-likeness (QED) is 0.545. The molecule has 4 aliphatic heterocycles. The molecule has 4 fully saturated rings. The van der Waals surface area contributed by atoms with Gasteiger partial charge in [-0.15, -0.1) is 0 Å². The van der Waals surface area contributed by atoms with Crippen LogP contribution in [0.5, 0.6) is 0 Å². The highest BCUT2D eigenvalue weighted by molar-refractivity contribution is 4.93. The summed E-state index contributed by atoms with van der Waals surface area (Å²) in [7, 11) is 1.62. The highest BCUT2D eigenvalue weighted by Crippen LogP contribution is 2.38. The number of rotatable bonds is 1. The Morgan fingerprint density at radius 1 is 0.645 bits per heavy atom. The van der Waals surface area contributed by atoms with Gasteiger partial charge in [-0.3, -0.25) is 0 Å². The lowest BCUT2D eigenvalue weighted by Crippen LogP contribution is -2.31. The summed E-state index contributed by atoms with van der Waals surface area (Å²) in [5, 5.41) is 26.4. The molecule has 184 valence electrons. The van der Waals surface area contributed by atoms with Crippen molar-refractivity contribution in [1.29, 1.82) is 0 Å². The molecule has 0 aromatic rings. The number of hydrogen-bond donors (Lipinski definition) is 3. The molecule has 12 atom stereocenters. The lowest BCUT2D eigenvalue weighted by atomic mass is 9.92. The van der Waals surface area contributed by atoms with Crippen LogP contribution in [0, 0.1) is 11.8 Å². The summed E-state index contributed by atoms with van der Waals surface area (Å²) in [5.41, 5.74) is 0. The predicted octanol–water partition coefficient (Wildman–Crippen LogP) is 1.41. The van der Waals surface area contributed by atoms with E-state index in [1.807, 2.05) is 20.8 Å². The zero-order valence-electron chi connectivity index (χ0n) is 20.2. The van der Waals surface area contributed by atoms with Crippen molar-refractivity contribution < 1.29 is 43.7 Å². The van der Waals surface area contributed by atoms with Crippen LogP contribution in [0.2, 0.25) is 0 Å². The topological polar surface area (TPSA) is 116 Å². The first kappa shape index (κ1) is 26.9. The van der Waals surface area contributed by atoms with Crippen molar-refractivity contribution in [2.24, 2.45) is 11.8 Å². The van der Waals surface area contributed by atoms with Crippen LogP contribution in [0.15, 0.2) is 0 Å². The summed E-state index contributed by atoms with van der Waals surface area (Å²) in [6.07, 6.45) is -3.22. The van der Waals surface area contributed by atoms with Crippen LogP contribution in [0.1, 0.15) is 55.4 Å². The van der Waals surface area contributed by atoms with Gasteiger partial charge in [0.1, 0.15) is 24.4 Å². The number of ether oxygens (including phenoxy) is 6. The predicted molar refractivity (Wildman–Crippen MR) is 112 cm³/mol. The van der Waals surface area contributed by atoms with Crippen molar-refractivity contribution in [3.05, 3.63) is 0 Å². The second-order valence-corrected chi connectivity index (χ2v) is 9.49. The van der Waals surface area contributed by atoms with Crippen molar-refractivity contribution in [3.8, 4) is 0 Å². The van der Waals surface area contributed by atoms with Gasteiger partial charge in [0.05, 0.1) is 24.4 Å². The van der Waals surface area contributed by atoms with Gasteiger partial charge in [0, 0.05) is 7.11 Å². The molecule has 4 rings (SSSR count). The van der Waals surface area contributed by atoms with E-state index in [0.29, 0.717) is 12.2 Å². The second kappa shape index (κ2) is 10.7. The van der Waals surface area contributed by atoms with Gasteiger partial charge in [0.25, 0.3) is 0 Å². The summed E-state index contributed by atoms with van der Waals surface area (Å²) < 4.78 is 32.3. The van der Waals surface area contributed by atoms with E-state index in [4.69, 9.17) is 39.0 Å². The SMILES string of the molecule is CC1O[C@H](C)C(C)[C@@H]1C.COC1O[C@H](C)C2OC(C)(C)O[C@H]12.C[C@H]1OC(O)[C@@H](O)C1O. The fourth-order valence-electron chi connectivity index (χ4n) is 4.22. The average molecular weight is 451 g/mol.